The number of nitrogens with two attached hydrogens (primary N) is 1. The minimum absolute atomic E-state index is 0.476. The number of aromatic nitrogens is 2. The van der Waals surface area contributed by atoms with Gasteiger partial charge in [0.15, 0.2) is 0 Å². The molecule has 1 aromatic heterocycles. The summed E-state index contributed by atoms with van der Waals surface area (Å²) >= 11 is 0. The molecule has 0 spiro atoms. The van der Waals surface area contributed by atoms with Crippen molar-refractivity contribution in [2.45, 2.75) is 51.2 Å². The van der Waals surface area contributed by atoms with Crippen LogP contribution in [0.3, 0.4) is 0 Å². The summed E-state index contributed by atoms with van der Waals surface area (Å²) in [5, 5.41) is 3.64. The zero-order chi connectivity index (χ0) is 11.4. The zero-order valence-electron chi connectivity index (χ0n) is 10.0. The van der Waals surface area contributed by atoms with Gasteiger partial charge in [-0.15, -0.1) is 0 Å². The van der Waals surface area contributed by atoms with Crippen LogP contribution in [0, 0.1) is 0 Å². The highest BCUT2D eigenvalue weighted by Gasteiger charge is 2.21. The van der Waals surface area contributed by atoms with Crippen LogP contribution in [-0.2, 0) is 6.54 Å². The Labute approximate surface area is 97.2 Å². The lowest BCUT2D eigenvalue weighted by molar-refractivity contribution is 0.329. The molecule has 1 aliphatic rings. The molecule has 0 amide bonds. The first kappa shape index (κ1) is 11.6. The summed E-state index contributed by atoms with van der Waals surface area (Å²) in [4.78, 5) is 4.26. The van der Waals surface area contributed by atoms with Crippen LogP contribution in [0.2, 0.25) is 0 Å². The summed E-state index contributed by atoms with van der Waals surface area (Å²) in [6, 6.07) is 1.10. The first-order valence-corrected chi connectivity index (χ1v) is 6.27. The number of rotatable bonds is 4. The number of nitrogens with zero attached hydrogens (tertiary/aromatic N) is 2. The molecule has 90 valence electrons. The Morgan fingerprint density at radius 1 is 1.56 bits per heavy atom. The monoisotopic (exact) mass is 222 g/mol. The van der Waals surface area contributed by atoms with Crippen molar-refractivity contribution in [3.8, 4) is 0 Å². The summed E-state index contributed by atoms with van der Waals surface area (Å²) in [7, 11) is 0. The Balaban J connectivity index is 2.04. The lowest BCUT2D eigenvalue weighted by atomic mass is 9.97. The maximum atomic E-state index is 5.55. The highest BCUT2D eigenvalue weighted by atomic mass is 15.1. The molecule has 3 N–H and O–H groups in total. The molecule has 16 heavy (non-hydrogen) atoms. The molecule has 2 atom stereocenters. The fourth-order valence-electron chi connectivity index (χ4n) is 2.44. The summed E-state index contributed by atoms with van der Waals surface area (Å²) in [5.74, 6) is 0. The highest BCUT2D eigenvalue weighted by Crippen LogP contribution is 2.25. The minimum Gasteiger partial charge on any atom is -0.333 e. The molecule has 1 aromatic rings. The van der Waals surface area contributed by atoms with Gasteiger partial charge >= 0.3 is 0 Å². The van der Waals surface area contributed by atoms with Crippen LogP contribution in [0.25, 0.3) is 0 Å². The van der Waals surface area contributed by atoms with Gasteiger partial charge in [-0.25, -0.2) is 4.98 Å². The molecule has 4 nitrogen and oxygen atoms in total. The number of nitrogens with one attached hydrogen (secondary N) is 1. The average Bonchev–Trinajstić information content (AvgIpc) is 2.74. The van der Waals surface area contributed by atoms with Gasteiger partial charge in [0, 0.05) is 24.8 Å². The minimum atomic E-state index is 0.476. The van der Waals surface area contributed by atoms with Gasteiger partial charge in [-0.2, -0.15) is 0 Å². The first-order chi connectivity index (χ1) is 7.81. The number of piperidine rings is 1. The van der Waals surface area contributed by atoms with E-state index in [2.05, 4.69) is 21.8 Å². The number of aryl methyl sites for hydroxylation is 1. The predicted octanol–water partition coefficient (Wildman–Crippen LogP) is 1.43. The zero-order valence-corrected chi connectivity index (χ0v) is 10.0. The molecule has 0 aliphatic carbocycles. The lowest BCUT2D eigenvalue weighted by Gasteiger charge is -2.29. The van der Waals surface area contributed by atoms with Gasteiger partial charge in [0.05, 0.1) is 12.0 Å². The second kappa shape index (κ2) is 5.46. The van der Waals surface area contributed by atoms with E-state index in [4.69, 9.17) is 5.73 Å². The van der Waals surface area contributed by atoms with E-state index in [0.717, 1.165) is 19.5 Å². The van der Waals surface area contributed by atoms with Crippen molar-refractivity contribution in [1.29, 1.82) is 0 Å². The van der Waals surface area contributed by atoms with Crippen molar-refractivity contribution in [2.24, 2.45) is 5.73 Å². The third-order valence-corrected chi connectivity index (χ3v) is 3.32. The first-order valence-electron chi connectivity index (χ1n) is 6.27. The van der Waals surface area contributed by atoms with Crippen LogP contribution in [0.1, 0.15) is 44.3 Å². The van der Waals surface area contributed by atoms with E-state index in [9.17, 15) is 0 Å². The van der Waals surface area contributed by atoms with Gasteiger partial charge in [0.25, 0.3) is 0 Å². The fraction of sp³-hybridized carbons (Fsp3) is 0.750. The Morgan fingerprint density at radius 2 is 2.44 bits per heavy atom. The van der Waals surface area contributed by atoms with Gasteiger partial charge < -0.3 is 15.6 Å². The summed E-state index contributed by atoms with van der Waals surface area (Å²) in [6.45, 7) is 3.98. The van der Waals surface area contributed by atoms with Crippen molar-refractivity contribution >= 4 is 0 Å². The molecule has 4 heteroatoms. The maximum Gasteiger partial charge on any atom is 0.0948 e. The molecule has 2 unspecified atom stereocenters. The van der Waals surface area contributed by atoms with Crippen molar-refractivity contribution < 1.29 is 0 Å². The quantitative estimate of drug-likeness (QED) is 0.810. The number of hydrogen-bond donors (Lipinski definition) is 2. The van der Waals surface area contributed by atoms with Crippen molar-refractivity contribution in [1.82, 2.24) is 14.9 Å². The fourth-order valence-corrected chi connectivity index (χ4v) is 2.44. The second-order valence-electron chi connectivity index (χ2n) is 4.71. The van der Waals surface area contributed by atoms with Gasteiger partial charge in [0.2, 0.25) is 0 Å². The summed E-state index contributed by atoms with van der Waals surface area (Å²) in [6.07, 6.45) is 8.75. The molecular weight excluding hydrogens is 200 g/mol. The van der Waals surface area contributed by atoms with E-state index in [1.54, 1.807) is 0 Å². The largest absolute Gasteiger partial charge is 0.333 e. The van der Waals surface area contributed by atoms with Crippen molar-refractivity contribution in [3.05, 3.63) is 18.2 Å². The van der Waals surface area contributed by atoms with E-state index in [0.29, 0.717) is 12.1 Å². The standard InChI is InChI=1S/C12H22N4/c1-10-4-2-5-11(15-10)12-8-14-9-16(12)7-3-6-13/h8-11,15H,2-7,13H2,1H3. The van der Waals surface area contributed by atoms with E-state index in [1.807, 2.05) is 12.5 Å². The summed E-state index contributed by atoms with van der Waals surface area (Å²) < 4.78 is 2.24. The Morgan fingerprint density at radius 3 is 3.19 bits per heavy atom. The molecule has 1 saturated heterocycles. The molecule has 0 aromatic carbocycles. The van der Waals surface area contributed by atoms with Crippen LogP contribution >= 0.6 is 0 Å². The number of imidazole rings is 1. The molecule has 2 rings (SSSR count). The number of hydrogen-bond acceptors (Lipinski definition) is 3. The molecule has 1 fully saturated rings. The van der Waals surface area contributed by atoms with Gasteiger partial charge in [-0.3, -0.25) is 0 Å². The molecule has 0 radical (unpaired) electrons. The Kier molecular flexibility index (Phi) is 3.96. The third kappa shape index (κ3) is 2.62. The Bertz CT molecular complexity index is 321. The van der Waals surface area contributed by atoms with E-state index in [1.165, 1.54) is 25.0 Å². The third-order valence-electron chi connectivity index (χ3n) is 3.32. The van der Waals surface area contributed by atoms with Crippen LogP contribution in [0.4, 0.5) is 0 Å². The molecule has 1 aliphatic heterocycles. The Hall–Kier alpha value is -0.870. The van der Waals surface area contributed by atoms with E-state index in [-0.39, 0.29) is 0 Å². The molecule has 2 heterocycles. The van der Waals surface area contributed by atoms with Gasteiger partial charge in [-0.1, -0.05) is 0 Å². The second-order valence-corrected chi connectivity index (χ2v) is 4.71. The normalized spacial score (nSPS) is 25.9. The average molecular weight is 222 g/mol. The molecular formula is C12H22N4. The molecule has 0 saturated carbocycles. The van der Waals surface area contributed by atoms with Gasteiger partial charge in [0.1, 0.15) is 0 Å². The van der Waals surface area contributed by atoms with Crippen molar-refractivity contribution in [3.63, 3.8) is 0 Å². The van der Waals surface area contributed by atoms with Crippen LogP contribution < -0.4 is 11.1 Å². The summed E-state index contributed by atoms with van der Waals surface area (Å²) in [5.41, 5.74) is 6.87. The molecule has 0 bridgehead atoms. The van der Waals surface area contributed by atoms with Crippen LogP contribution in [0.15, 0.2) is 12.5 Å². The van der Waals surface area contributed by atoms with Crippen LogP contribution in [0.5, 0.6) is 0 Å². The lowest BCUT2D eigenvalue weighted by Crippen LogP contribution is -2.35. The smallest absolute Gasteiger partial charge is 0.0948 e. The van der Waals surface area contributed by atoms with E-state index < -0.39 is 0 Å². The maximum absolute atomic E-state index is 5.55. The SMILES string of the molecule is CC1CCCC(c2cncn2CCCN)N1. The topological polar surface area (TPSA) is 55.9 Å². The highest BCUT2D eigenvalue weighted by molar-refractivity contribution is 5.07. The predicted molar refractivity (Wildman–Crippen MR) is 65.1 cm³/mol. The van der Waals surface area contributed by atoms with Crippen LogP contribution in [-0.4, -0.2) is 22.1 Å². The van der Waals surface area contributed by atoms with E-state index >= 15 is 0 Å². The van der Waals surface area contributed by atoms with Crippen molar-refractivity contribution in [2.75, 3.05) is 6.54 Å². The van der Waals surface area contributed by atoms with Gasteiger partial charge in [-0.05, 0) is 39.2 Å².